The molecule has 3 N–H and O–H groups in total. The van der Waals surface area contributed by atoms with Crippen molar-refractivity contribution < 1.29 is 19.1 Å². The molecular formula is C15H30N4O4. The second-order valence-corrected chi connectivity index (χ2v) is 6.56. The molecule has 8 heteroatoms. The molecule has 0 rings (SSSR count). The number of likely N-dealkylation sites (N-methyl/N-ethyl adjacent to an activating group) is 1. The summed E-state index contributed by atoms with van der Waals surface area (Å²) in [5, 5.41) is 7.81. The van der Waals surface area contributed by atoms with Crippen LogP contribution in [-0.4, -0.2) is 68.2 Å². The third-order valence-electron chi connectivity index (χ3n) is 2.65. The van der Waals surface area contributed by atoms with E-state index in [1.165, 1.54) is 0 Å². The molecule has 1 atom stereocenters. The summed E-state index contributed by atoms with van der Waals surface area (Å²) in [4.78, 5) is 36.8. The predicted octanol–water partition coefficient (Wildman–Crippen LogP) is 0.0837. The van der Waals surface area contributed by atoms with E-state index in [0.717, 1.165) is 6.54 Å². The Kier molecular flexibility index (Phi) is 9.24. The topological polar surface area (TPSA) is 99.8 Å². The molecule has 3 amide bonds. The predicted molar refractivity (Wildman–Crippen MR) is 88.0 cm³/mol. The van der Waals surface area contributed by atoms with Gasteiger partial charge in [-0.1, -0.05) is 0 Å². The van der Waals surface area contributed by atoms with Crippen molar-refractivity contribution in [3.05, 3.63) is 0 Å². The molecule has 0 heterocycles. The van der Waals surface area contributed by atoms with Gasteiger partial charge in [-0.3, -0.25) is 9.59 Å². The van der Waals surface area contributed by atoms with Crippen LogP contribution >= 0.6 is 0 Å². The molecule has 23 heavy (non-hydrogen) atoms. The van der Waals surface area contributed by atoms with E-state index in [0.29, 0.717) is 6.54 Å². The Morgan fingerprint density at radius 3 is 2.22 bits per heavy atom. The highest BCUT2D eigenvalue weighted by Gasteiger charge is 2.17. The fourth-order valence-corrected chi connectivity index (χ4v) is 1.53. The van der Waals surface area contributed by atoms with E-state index < -0.39 is 17.7 Å². The second-order valence-electron chi connectivity index (χ2n) is 6.56. The minimum atomic E-state index is -0.619. The molecule has 0 bridgehead atoms. The molecular weight excluding hydrogens is 300 g/mol. The number of carbonyl (C=O) groups is 3. The molecule has 0 aromatic carbocycles. The molecule has 0 aliphatic heterocycles. The second kappa shape index (κ2) is 10.0. The van der Waals surface area contributed by atoms with Gasteiger partial charge in [-0.15, -0.1) is 0 Å². The smallest absolute Gasteiger partial charge is 0.407 e. The van der Waals surface area contributed by atoms with Gasteiger partial charge in [-0.2, -0.15) is 0 Å². The number of ether oxygens (including phenoxy) is 1. The largest absolute Gasteiger partial charge is 0.444 e. The van der Waals surface area contributed by atoms with E-state index in [1.807, 2.05) is 19.0 Å². The van der Waals surface area contributed by atoms with Gasteiger partial charge in [0.25, 0.3) is 0 Å². The Morgan fingerprint density at radius 1 is 1.09 bits per heavy atom. The van der Waals surface area contributed by atoms with Gasteiger partial charge >= 0.3 is 6.09 Å². The van der Waals surface area contributed by atoms with Crippen LogP contribution in [0.15, 0.2) is 0 Å². The first-order chi connectivity index (χ1) is 10.5. The lowest BCUT2D eigenvalue weighted by molar-refractivity contribution is -0.128. The number of rotatable bonds is 8. The van der Waals surface area contributed by atoms with Crippen molar-refractivity contribution in [1.82, 2.24) is 20.9 Å². The molecule has 0 radical (unpaired) electrons. The van der Waals surface area contributed by atoms with Gasteiger partial charge in [-0.05, 0) is 41.8 Å². The summed E-state index contributed by atoms with van der Waals surface area (Å²) in [6.07, 6.45) is -0.492. The first kappa shape index (κ1) is 21.2. The lowest BCUT2D eigenvalue weighted by Gasteiger charge is -2.19. The highest BCUT2D eigenvalue weighted by atomic mass is 16.6. The minimum absolute atomic E-state index is 0.0779. The van der Waals surface area contributed by atoms with Crippen LogP contribution in [0.2, 0.25) is 0 Å². The van der Waals surface area contributed by atoms with Gasteiger partial charge in [-0.25, -0.2) is 4.79 Å². The lowest BCUT2D eigenvalue weighted by Crippen LogP contribution is -2.46. The molecule has 0 fully saturated rings. The highest BCUT2D eigenvalue weighted by Crippen LogP contribution is 2.06. The number of amides is 3. The number of hydrogen-bond acceptors (Lipinski definition) is 5. The summed E-state index contributed by atoms with van der Waals surface area (Å²) in [6.45, 7) is 8.29. The third kappa shape index (κ3) is 12.4. The number of hydrogen-bond donors (Lipinski definition) is 3. The van der Waals surface area contributed by atoms with Crippen LogP contribution in [0.5, 0.6) is 0 Å². The van der Waals surface area contributed by atoms with E-state index >= 15 is 0 Å². The van der Waals surface area contributed by atoms with Crippen LogP contribution < -0.4 is 16.0 Å². The molecule has 0 aromatic rings. The monoisotopic (exact) mass is 330 g/mol. The molecule has 0 spiro atoms. The SMILES string of the molecule is C[C@@H](NC(=O)CCNC(=O)OC(C)(C)C)C(=O)NCCN(C)C. The molecule has 0 aliphatic carbocycles. The molecule has 8 nitrogen and oxygen atoms in total. The zero-order valence-electron chi connectivity index (χ0n) is 15.0. The summed E-state index contributed by atoms with van der Waals surface area (Å²) in [5.74, 6) is -0.545. The Bertz CT molecular complexity index is 405. The first-order valence-corrected chi connectivity index (χ1v) is 7.70. The summed E-state index contributed by atoms with van der Waals surface area (Å²) < 4.78 is 5.05. The van der Waals surface area contributed by atoms with E-state index in [9.17, 15) is 14.4 Å². The van der Waals surface area contributed by atoms with Crippen molar-refractivity contribution in [3.63, 3.8) is 0 Å². The van der Waals surface area contributed by atoms with Gasteiger partial charge < -0.3 is 25.6 Å². The van der Waals surface area contributed by atoms with Crippen molar-refractivity contribution in [2.24, 2.45) is 0 Å². The number of alkyl carbamates (subject to hydrolysis) is 1. The minimum Gasteiger partial charge on any atom is -0.444 e. The summed E-state index contributed by atoms with van der Waals surface area (Å²) in [6, 6.07) is -0.619. The van der Waals surface area contributed by atoms with E-state index in [-0.39, 0.29) is 24.8 Å². The average molecular weight is 330 g/mol. The van der Waals surface area contributed by atoms with Gasteiger partial charge in [0.1, 0.15) is 11.6 Å². The number of carbonyl (C=O) groups excluding carboxylic acids is 3. The van der Waals surface area contributed by atoms with Crippen LogP contribution in [0.4, 0.5) is 4.79 Å². The lowest BCUT2D eigenvalue weighted by atomic mass is 10.2. The maximum absolute atomic E-state index is 11.8. The van der Waals surface area contributed by atoms with Gasteiger partial charge in [0.2, 0.25) is 11.8 Å². The summed E-state index contributed by atoms with van der Waals surface area (Å²) in [5.41, 5.74) is -0.578. The molecule has 0 saturated carbocycles. The zero-order chi connectivity index (χ0) is 18.0. The Labute approximate surface area is 138 Å². The fraction of sp³-hybridized carbons (Fsp3) is 0.800. The highest BCUT2D eigenvalue weighted by molar-refractivity contribution is 5.87. The molecule has 0 aromatic heterocycles. The van der Waals surface area contributed by atoms with Gasteiger partial charge in [0.15, 0.2) is 0 Å². The molecule has 134 valence electrons. The third-order valence-corrected chi connectivity index (χ3v) is 2.65. The number of nitrogens with one attached hydrogen (secondary N) is 3. The van der Waals surface area contributed by atoms with Crippen LogP contribution in [-0.2, 0) is 14.3 Å². The Morgan fingerprint density at radius 2 is 1.70 bits per heavy atom. The van der Waals surface area contributed by atoms with Crippen molar-refractivity contribution in [3.8, 4) is 0 Å². The molecule has 0 saturated heterocycles. The van der Waals surface area contributed by atoms with Crippen molar-refractivity contribution >= 4 is 17.9 Å². The van der Waals surface area contributed by atoms with Crippen molar-refractivity contribution in [2.45, 2.75) is 45.8 Å². The van der Waals surface area contributed by atoms with E-state index in [2.05, 4.69) is 16.0 Å². The Hall–Kier alpha value is -1.83. The Balaban J connectivity index is 3.92. The summed E-state index contributed by atoms with van der Waals surface area (Å²) in [7, 11) is 3.82. The zero-order valence-corrected chi connectivity index (χ0v) is 15.0. The van der Waals surface area contributed by atoms with Crippen LogP contribution in [0.1, 0.15) is 34.1 Å². The van der Waals surface area contributed by atoms with Crippen molar-refractivity contribution in [1.29, 1.82) is 0 Å². The van der Waals surface area contributed by atoms with E-state index in [4.69, 9.17) is 4.74 Å². The van der Waals surface area contributed by atoms with Crippen molar-refractivity contribution in [2.75, 3.05) is 33.7 Å². The molecule has 0 aliphatic rings. The van der Waals surface area contributed by atoms with Crippen LogP contribution in [0.3, 0.4) is 0 Å². The first-order valence-electron chi connectivity index (χ1n) is 7.70. The maximum Gasteiger partial charge on any atom is 0.407 e. The van der Waals surface area contributed by atoms with Crippen LogP contribution in [0.25, 0.3) is 0 Å². The standard InChI is InChI=1S/C15H30N4O4/c1-11(13(21)16-9-10-19(5)6)18-12(20)7-8-17-14(22)23-15(2,3)4/h11H,7-10H2,1-6H3,(H,16,21)(H,17,22)(H,18,20)/t11-/m1/s1. The summed E-state index contributed by atoms with van der Waals surface area (Å²) >= 11 is 0. The molecule has 0 unspecified atom stereocenters. The van der Waals surface area contributed by atoms with Gasteiger partial charge in [0, 0.05) is 26.1 Å². The average Bonchev–Trinajstić information content (AvgIpc) is 2.35. The number of nitrogens with zero attached hydrogens (tertiary/aromatic N) is 1. The van der Waals surface area contributed by atoms with Crippen LogP contribution in [0, 0.1) is 0 Å². The maximum atomic E-state index is 11.8. The normalized spacial score (nSPS) is 12.5. The quantitative estimate of drug-likeness (QED) is 0.585. The fourth-order valence-electron chi connectivity index (χ4n) is 1.53. The van der Waals surface area contributed by atoms with Gasteiger partial charge in [0.05, 0.1) is 0 Å². The van der Waals surface area contributed by atoms with E-state index in [1.54, 1.807) is 27.7 Å².